The minimum absolute atomic E-state index is 0.120. The monoisotopic (exact) mass is 329 g/mol. The second-order valence-corrected chi connectivity index (χ2v) is 6.63. The maximum absolute atomic E-state index is 12.3. The molecule has 2 heterocycles. The van der Waals surface area contributed by atoms with Gasteiger partial charge in [0, 0.05) is 42.6 Å². The van der Waals surface area contributed by atoms with Crippen LogP contribution in [0.4, 0.5) is 5.69 Å². The molecule has 1 aliphatic rings. The summed E-state index contributed by atoms with van der Waals surface area (Å²) in [5.41, 5.74) is 2.39. The summed E-state index contributed by atoms with van der Waals surface area (Å²) in [7, 11) is 0. The summed E-state index contributed by atoms with van der Waals surface area (Å²) in [5.74, 6) is 0.00640. The van der Waals surface area contributed by atoms with Crippen molar-refractivity contribution >= 4 is 28.8 Å². The molecular formula is C17H19N3O2S. The summed E-state index contributed by atoms with van der Waals surface area (Å²) in [6, 6.07) is 7.25. The smallest absolute Gasteiger partial charge is 0.251 e. The SMILES string of the molecule is Cc1nc(CCNC(=O)c2cccc(N3CCCC3=O)c2)cs1. The van der Waals surface area contributed by atoms with Crippen molar-refractivity contribution in [3.8, 4) is 0 Å². The maximum atomic E-state index is 12.3. The van der Waals surface area contributed by atoms with Crippen LogP contribution in [0.25, 0.3) is 0 Å². The molecule has 1 aliphatic heterocycles. The molecule has 0 spiro atoms. The Bertz CT molecular complexity index is 726. The molecule has 120 valence electrons. The van der Waals surface area contributed by atoms with E-state index in [-0.39, 0.29) is 11.8 Å². The zero-order valence-electron chi connectivity index (χ0n) is 13.0. The first-order valence-electron chi connectivity index (χ1n) is 7.73. The highest BCUT2D eigenvalue weighted by atomic mass is 32.1. The predicted octanol–water partition coefficient (Wildman–Crippen LogP) is 2.55. The first kappa shape index (κ1) is 15.7. The number of rotatable bonds is 5. The van der Waals surface area contributed by atoms with Gasteiger partial charge in [0.2, 0.25) is 5.91 Å². The number of anilines is 1. The lowest BCUT2D eigenvalue weighted by Crippen LogP contribution is -2.27. The number of carbonyl (C=O) groups excluding carboxylic acids is 2. The number of amides is 2. The quantitative estimate of drug-likeness (QED) is 0.917. The van der Waals surface area contributed by atoms with E-state index in [2.05, 4.69) is 10.3 Å². The van der Waals surface area contributed by atoms with E-state index in [9.17, 15) is 9.59 Å². The van der Waals surface area contributed by atoms with Gasteiger partial charge in [-0.15, -0.1) is 11.3 Å². The number of nitrogens with one attached hydrogen (secondary N) is 1. The average Bonchev–Trinajstić information content (AvgIpc) is 3.16. The Balaban J connectivity index is 1.59. The Kier molecular flexibility index (Phi) is 4.71. The fourth-order valence-corrected chi connectivity index (χ4v) is 3.31. The Morgan fingerprint density at radius 1 is 1.43 bits per heavy atom. The van der Waals surface area contributed by atoms with Crippen LogP contribution >= 0.6 is 11.3 Å². The van der Waals surface area contributed by atoms with E-state index < -0.39 is 0 Å². The van der Waals surface area contributed by atoms with Crippen molar-refractivity contribution < 1.29 is 9.59 Å². The van der Waals surface area contributed by atoms with Crippen LogP contribution in [0.2, 0.25) is 0 Å². The van der Waals surface area contributed by atoms with Gasteiger partial charge in [0.15, 0.2) is 0 Å². The van der Waals surface area contributed by atoms with Crippen LogP contribution in [0, 0.1) is 6.92 Å². The lowest BCUT2D eigenvalue weighted by atomic mass is 10.1. The van der Waals surface area contributed by atoms with E-state index in [0.29, 0.717) is 18.5 Å². The Labute approximate surface area is 139 Å². The van der Waals surface area contributed by atoms with Crippen LogP contribution in [-0.4, -0.2) is 29.9 Å². The van der Waals surface area contributed by atoms with E-state index in [1.807, 2.05) is 24.4 Å². The molecule has 1 fully saturated rings. The fraction of sp³-hybridized carbons (Fsp3) is 0.353. The molecule has 0 unspecified atom stereocenters. The number of carbonyl (C=O) groups is 2. The van der Waals surface area contributed by atoms with Gasteiger partial charge in [-0.2, -0.15) is 0 Å². The van der Waals surface area contributed by atoms with Crippen molar-refractivity contribution in [3.05, 3.63) is 45.9 Å². The molecule has 2 amide bonds. The number of hydrogen-bond acceptors (Lipinski definition) is 4. The van der Waals surface area contributed by atoms with Crippen LogP contribution < -0.4 is 10.2 Å². The largest absolute Gasteiger partial charge is 0.352 e. The molecule has 5 nitrogen and oxygen atoms in total. The van der Waals surface area contributed by atoms with Crippen LogP contribution in [0.15, 0.2) is 29.6 Å². The fourth-order valence-electron chi connectivity index (χ4n) is 2.67. The van der Waals surface area contributed by atoms with Gasteiger partial charge in [-0.1, -0.05) is 6.07 Å². The number of aromatic nitrogens is 1. The number of nitrogens with zero attached hydrogens (tertiary/aromatic N) is 2. The molecule has 3 rings (SSSR count). The molecule has 2 aromatic rings. The Morgan fingerprint density at radius 2 is 2.30 bits per heavy atom. The van der Waals surface area contributed by atoms with E-state index in [0.717, 1.165) is 35.8 Å². The Morgan fingerprint density at radius 3 is 3.00 bits per heavy atom. The highest BCUT2D eigenvalue weighted by Gasteiger charge is 2.22. The number of thiazole rings is 1. The summed E-state index contributed by atoms with van der Waals surface area (Å²) in [6.07, 6.45) is 2.19. The third kappa shape index (κ3) is 3.76. The molecule has 1 aromatic heterocycles. The molecule has 6 heteroatoms. The van der Waals surface area contributed by atoms with Crippen molar-refractivity contribution in [2.45, 2.75) is 26.2 Å². The summed E-state index contributed by atoms with van der Waals surface area (Å²) < 4.78 is 0. The average molecular weight is 329 g/mol. The first-order valence-corrected chi connectivity index (χ1v) is 8.61. The van der Waals surface area contributed by atoms with E-state index in [4.69, 9.17) is 0 Å². The molecule has 1 N–H and O–H groups in total. The minimum atomic E-state index is -0.120. The van der Waals surface area contributed by atoms with Gasteiger partial charge in [-0.25, -0.2) is 4.98 Å². The molecule has 0 radical (unpaired) electrons. The molecule has 1 aromatic carbocycles. The Hall–Kier alpha value is -2.21. The zero-order valence-corrected chi connectivity index (χ0v) is 13.9. The second kappa shape index (κ2) is 6.91. The van der Waals surface area contributed by atoms with Crippen LogP contribution in [0.1, 0.15) is 33.9 Å². The van der Waals surface area contributed by atoms with E-state index in [1.54, 1.807) is 28.4 Å². The maximum Gasteiger partial charge on any atom is 0.251 e. The molecule has 23 heavy (non-hydrogen) atoms. The van der Waals surface area contributed by atoms with Gasteiger partial charge in [0.1, 0.15) is 0 Å². The summed E-state index contributed by atoms with van der Waals surface area (Å²) >= 11 is 1.61. The number of hydrogen-bond donors (Lipinski definition) is 1. The predicted molar refractivity (Wildman–Crippen MR) is 90.9 cm³/mol. The van der Waals surface area contributed by atoms with Gasteiger partial charge in [-0.05, 0) is 31.5 Å². The lowest BCUT2D eigenvalue weighted by molar-refractivity contribution is -0.117. The van der Waals surface area contributed by atoms with E-state index in [1.165, 1.54) is 0 Å². The summed E-state index contributed by atoms with van der Waals surface area (Å²) in [4.78, 5) is 30.2. The van der Waals surface area contributed by atoms with Crippen molar-refractivity contribution in [2.24, 2.45) is 0 Å². The third-order valence-electron chi connectivity index (χ3n) is 3.83. The minimum Gasteiger partial charge on any atom is -0.352 e. The highest BCUT2D eigenvalue weighted by Crippen LogP contribution is 2.22. The zero-order chi connectivity index (χ0) is 16.2. The van der Waals surface area contributed by atoms with E-state index >= 15 is 0 Å². The molecule has 0 atom stereocenters. The topological polar surface area (TPSA) is 62.3 Å². The number of benzene rings is 1. The van der Waals surface area contributed by atoms with Gasteiger partial charge in [0.25, 0.3) is 5.91 Å². The van der Waals surface area contributed by atoms with Gasteiger partial charge in [0.05, 0.1) is 10.7 Å². The molecule has 0 saturated carbocycles. The molecule has 0 bridgehead atoms. The lowest BCUT2D eigenvalue weighted by Gasteiger charge is -2.16. The van der Waals surface area contributed by atoms with Gasteiger partial charge in [-0.3, -0.25) is 9.59 Å². The molecule has 1 saturated heterocycles. The van der Waals surface area contributed by atoms with Gasteiger partial charge >= 0.3 is 0 Å². The highest BCUT2D eigenvalue weighted by molar-refractivity contribution is 7.09. The molecular weight excluding hydrogens is 310 g/mol. The van der Waals surface area contributed by atoms with Crippen LogP contribution in [0.5, 0.6) is 0 Å². The van der Waals surface area contributed by atoms with Crippen molar-refractivity contribution in [1.29, 1.82) is 0 Å². The van der Waals surface area contributed by atoms with Crippen LogP contribution in [-0.2, 0) is 11.2 Å². The second-order valence-electron chi connectivity index (χ2n) is 5.56. The third-order valence-corrected chi connectivity index (χ3v) is 4.65. The van der Waals surface area contributed by atoms with Crippen LogP contribution in [0.3, 0.4) is 0 Å². The van der Waals surface area contributed by atoms with Crippen molar-refractivity contribution in [2.75, 3.05) is 18.0 Å². The van der Waals surface area contributed by atoms with Crippen molar-refractivity contribution in [1.82, 2.24) is 10.3 Å². The van der Waals surface area contributed by atoms with Crippen molar-refractivity contribution in [3.63, 3.8) is 0 Å². The first-order chi connectivity index (χ1) is 11.1. The standard InChI is InChI=1S/C17H19N3O2S/c1-12-19-14(11-23-12)7-8-18-17(22)13-4-2-5-15(10-13)20-9-3-6-16(20)21/h2,4-5,10-11H,3,6-9H2,1H3,(H,18,22). The van der Waals surface area contributed by atoms with Gasteiger partial charge < -0.3 is 10.2 Å². The normalized spacial score (nSPS) is 14.3. The summed E-state index contributed by atoms with van der Waals surface area (Å²) in [6.45, 7) is 3.25. The number of aryl methyl sites for hydroxylation is 1. The summed E-state index contributed by atoms with van der Waals surface area (Å²) in [5, 5.41) is 5.96. The molecule has 0 aliphatic carbocycles.